The molecule has 3 atom stereocenters. The molecular formula is C27H31NO9. The summed E-state index contributed by atoms with van der Waals surface area (Å²) in [5, 5.41) is 12.3. The summed E-state index contributed by atoms with van der Waals surface area (Å²) >= 11 is 0. The van der Waals surface area contributed by atoms with Crippen molar-refractivity contribution in [2.24, 2.45) is 0 Å². The number of nitro groups is 1. The first-order valence-electron chi connectivity index (χ1n) is 12.0. The minimum atomic E-state index is -2.94. The van der Waals surface area contributed by atoms with E-state index < -0.39 is 40.7 Å². The molecule has 0 saturated heterocycles. The summed E-state index contributed by atoms with van der Waals surface area (Å²) in [4.78, 5) is 37.0. The summed E-state index contributed by atoms with van der Waals surface area (Å²) in [7, 11) is 0. The molecule has 0 saturated carbocycles. The fourth-order valence-electron chi connectivity index (χ4n) is 3.86. The normalized spacial score (nSPS) is 19.2. The molecule has 0 fully saturated rings. The number of carbonyl (C=O) groups is 2. The van der Waals surface area contributed by atoms with Gasteiger partial charge >= 0.3 is 17.5 Å². The zero-order valence-corrected chi connectivity index (χ0v) is 20.8. The first-order valence-corrected chi connectivity index (χ1v) is 12.0. The number of nitrogens with zero attached hydrogens (tertiary/aromatic N) is 1. The molecule has 0 aliphatic carbocycles. The summed E-state index contributed by atoms with van der Waals surface area (Å²) in [5.74, 6) is -2.72. The molecule has 198 valence electrons. The highest BCUT2D eigenvalue weighted by Crippen LogP contribution is 2.30. The van der Waals surface area contributed by atoms with Gasteiger partial charge < -0.3 is 23.7 Å². The van der Waals surface area contributed by atoms with E-state index in [0.717, 1.165) is 11.1 Å². The Morgan fingerprint density at radius 1 is 0.892 bits per heavy atom. The Bertz CT molecular complexity index is 1040. The van der Waals surface area contributed by atoms with Crippen molar-refractivity contribution in [3.8, 4) is 0 Å². The fourth-order valence-corrected chi connectivity index (χ4v) is 3.86. The molecule has 0 radical (unpaired) electrons. The number of benzene rings is 2. The second kappa shape index (κ2) is 13.6. The van der Waals surface area contributed by atoms with E-state index in [9.17, 15) is 19.7 Å². The Morgan fingerprint density at radius 2 is 1.43 bits per heavy atom. The van der Waals surface area contributed by atoms with E-state index in [0.29, 0.717) is 0 Å². The third-order valence-corrected chi connectivity index (χ3v) is 5.72. The van der Waals surface area contributed by atoms with Gasteiger partial charge in [-0.2, -0.15) is 0 Å². The molecule has 0 N–H and O–H groups in total. The highest BCUT2D eigenvalue weighted by molar-refractivity contribution is 6.04. The lowest BCUT2D eigenvalue weighted by Crippen LogP contribution is -2.65. The van der Waals surface area contributed by atoms with Crippen LogP contribution in [0.4, 0.5) is 0 Å². The zero-order chi connectivity index (χ0) is 26.7. The lowest BCUT2D eigenvalue weighted by molar-refractivity contribution is -0.553. The Labute approximate surface area is 215 Å². The minimum absolute atomic E-state index is 0.0192. The van der Waals surface area contributed by atoms with Crippen LogP contribution >= 0.6 is 0 Å². The molecule has 0 aromatic heterocycles. The van der Waals surface area contributed by atoms with Crippen molar-refractivity contribution in [2.45, 2.75) is 50.9 Å². The van der Waals surface area contributed by atoms with Crippen molar-refractivity contribution < 1.29 is 38.2 Å². The molecule has 10 nitrogen and oxygen atoms in total. The van der Waals surface area contributed by atoms with Crippen molar-refractivity contribution >= 4 is 11.9 Å². The van der Waals surface area contributed by atoms with Gasteiger partial charge in [-0.05, 0) is 31.1 Å². The van der Waals surface area contributed by atoms with Crippen molar-refractivity contribution in [2.75, 3.05) is 19.8 Å². The SMILES string of the molecule is CCOC(=O)C(C(=O)OCC)(C1C=CC(OCc2ccccc2)C(COCc2ccccc2)O1)[N+](=O)[O-]. The van der Waals surface area contributed by atoms with Crippen molar-refractivity contribution in [1.29, 1.82) is 0 Å². The van der Waals surface area contributed by atoms with Crippen LogP contribution in [0.15, 0.2) is 72.8 Å². The van der Waals surface area contributed by atoms with E-state index in [2.05, 4.69) is 0 Å². The average Bonchev–Trinajstić information content (AvgIpc) is 2.90. The first kappa shape index (κ1) is 28.0. The second-order valence-electron chi connectivity index (χ2n) is 8.21. The average molecular weight is 514 g/mol. The molecule has 1 heterocycles. The molecular weight excluding hydrogens is 482 g/mol. The molecule has 37 heavy (non-hydrogen) atoms. The minimum Gasteiger partial charge on any atom is -0.460 e. The van der Waals surface area contributed by atoms with Gasteiger partial charge in [0.15, 0.2) is 6.10 Å². The van der Waals surface area contributed by atoms with E-state index in [1.54, 1.807) is 6.08 Å². The van der Waals surface area contributed by atoms with Gasteiger partial charge in [0, 0.05) is 0 Å². The molecule has 0 bridgehead atoms. The summed E-state index contributed by atoms with van der Waals surface area (Å²) in [6.45, 7) is 3.12. The molecule has 3 rings (SSSR count). The molecule has 1 aliphatic heterocycles. The van der Waals surface area contributed by atoms with Crippen molar-refractivity contribution in [3.05, 3.63) is 94.1 Å². The number of carbonyl (C=O) groups excluding carboxylic acids is 2. The predicted molar refractivity (Wildman–Crippen MR) is 132 cm³/mol. The smallest absolute Gasteiger partial charge is 0.438 e. The molecule has 3 unspecified atom stereocenters. The summed E-state index contributed by atoms with van der Waals surface area (Å²) < 4.78 is 27.7. The van der Waals surface area contributed by atoms with E-state index in [4.69, 9.17) is 23.7 Å². The lowest BCUT2D eigenvalue weighted by atomic mass is 9.89. The fraction of sp³-hybridized carbons (Fsp3) is 0.407. The first-order chi connectivity index (χ1) is 17.9. The Kier molecular flexibility index (Phi) is 10.3. The number of hydrogen-bond acceptors (Lipinski definition) is 9. The van der Waals surface area contributed by atoms with Gasteiger partial charge in [-0.15, -0.1) is 0 Å². The van der Waals surface area contributed by atoms with Crippen LogP contribution in [0.2, 0.25) is 0 Å². The van der Waals surface area contributed by atoms with Crippen LogP contribution in [0.3, 0.4) is 0 Å². The molecule has 2 aromatic carbocycles. The highest BCUT2D eigenvalue weighted by atomic mass is 16.7. The number of esters is 2. The van der Waals surface area contributed by atoms with E-state index in [-0.39, 0.29) is 33.0 Å². The Hall–Kier alpha value is -3.60. The third-order valence-electron chi connectivity index (χ3n) is 5.72. The molecule has 0 amide bonds. The van der Waals surface area contributed by atoms with Crippen LogP contribution < -0.4 is 0 Å². The van der Waals surface area contributed by atoms with Crippen LogP contribution in [-0.2, 0) is 46.5 Å². The maximum Gasteiger partial charge on any atom is 0.438 e. The Balaban J connectivity index is 1.87. The van der Waals surface area contributed by atoms with Gasteiger partial charge in [0.05, 0.1) is 38.0 Å². The van der Waals surface area contributed by atoms with E-state index in [1.807, 2.05) is 60.7 Å². The zero-order valence-electron chi connectivity index (χ0n) is 20.8. The second-order valence-corrected chi connectivity index (χ2v) is 8.21. The molecule has 0 spiro atoms. The van der Waals surface area contributed by atoms with Gasteiger partial charge in [0.25, 0.3) is 0 Å². The van der Waals surface area contributed by atoms with Crippen LogP contribution in [0.5, 0.6) is 0 Å². The largest absolute Gasteiger partial charge is 0.460 e. The van der Waals surface area contributed by atoms with E-state index >= 15 is 0 Å². The van der Waals surface area contributed by atoms with Crippen LogP contribution in [0.1, 0.15) is 25.0 Å². The molecule has 10 heteroatoms. The Morgan fingerprint density at radius 3 is 1.95 bits per heavy atom. The predicted octanol–water partition coefficient (Wildman–Crippen LogP) is 3.25. The van der Waals surface area contributed by atoms with Gasteiger partial charge in [-0.3, -0.25) is 10.1 Å². The standard InChI is InChI=1S/C27H31NO9/c1-3-34-25(29)27(28(31)32,26(30)35-4-2)24-16-15-22(36-18-21-13-9-6-10-14-21)23(37-24)19-33-17-20-11-7-5-8-12-20/h5-16,22-24H,3-4,17-19H2,1-2H3. The summed E-state index contributed by atoms with van der Waals surface area (Å²) in [6.07, 6.45) is -0.321. The molecule has 1 aliphatic rings. The van der Waals surface area contributed by atoms with Gasteiger partial charge in [-0.25, -0.2) is 9.59 Å². The van der Waals surface area contributed by atoms with Gasteiger partial charge in [0.1, 0.15) is 12.2 Å². The van der Waals surface area contributed by atoms with Crippen molar-refractivity contribution in [1.82, 2.24) is 0 Å². The highest BCUT2D eigenvalue weighted by Gasteiger charge is 2.68. The van der Waals surface area contributed by atoms with Gasteiger partial charge in [-0.1, -0.05) is 66.7 Å². The molecule has 2 aromatic rings. The monoisotopic (exact) mass is 513 g/mol. The maximum atomic E-state index is 12.9. The van der Waals surface area contributed by atoms with Gasteiger partial charge in [0.2, 0.25) is 0 Å². The number of rotatable bonds is 13. The number of ether oxygens (including phenoxy) is 5. The van der Waals surface area contributed by atoms with E-state index in [1.165, 1.54) is 19.9 Å². The van der Waals surface area contributed by atoms with Crippen LogP contribution in [0.25, 0.3) is 0 Å². The third kappa shape index (κ3) is 6.79. The maximum absolute atomic E-state index is 12.9. The lowest BCUT2D eigenvalue weighted by Gasteiger charge is -2.35. The van der Waals surface area contributed by atoms with Crippen LogP contribution in [0, 0.1) is 10.1 Å². The van der Waals surface area contributed by atoms with Crippen LogP contribution in [-0.4, -0.2) is 60.5 Å². The summed E-state index contributed by atoms with van der Waals surface area (Å²) in [6, 6.07) is 18.9. The van der Waals surface area contributed by atoms with Crippen molar-refractivity contribution in [3.63, 3.8) is 0 Å². The topological polar surface area (TPSA) is 123 Å². The summed E-state index contributed by atoms with van der Waals surface area (Å²) in [5.41, 5.74) is -1.10. The number of hydrogen-bond donors (Lipinski definition) is 0. The quantitative estimate of drug-likeness (QED) is 0.131.